The van der Waals surface area contributed by atoms with Crippen molar-refractivity contribution in [3.05, 3.63) is 53.1 Å². The van der Waals surface area contributed by atoms with Gasteiger partial charge in [0.1, 0.15) is 0 Å². The SMILES string of the molecule is CCCCn1nc(C)c2c(C(=O)N3CCN(Cc4ccccn4)CC3)cc(C)nc21. The van der Waals surface area contributed by atoms with E-state index in [-0.39, 0.29) is 5.91 Å². The number of aromatic nitrogens is 4. The Morgan fingerprint density at radius 1 is 1.13 bits per heavy atom. The van der Waals surface area contributed by atoms with Crippen LogP contribution in [0.3, 0.4) is 0 Å². The molecule has 1 fully saturated rings. The minimum Gasteiger partial charge on any atom is -0.336 e. The molecule has 7 nitrogen and oxygen atoms in total. The van der Waals surface area contributed by atoms with Crippen molar-refractivity contribution < 1.29 is 4.79 Å². The van der Waals surface area contributed by atoms with E-state index in [9.17, 15) is 4.79 Å². The van der Waals surface area contributed by atoms with Gasteiger partial charge in [-0.25, -0.2) is 9.67 Å². The first-order valence-corrected chi connectivity index (χ1v) is 10.8. The molecule has 1 amide bonds. The van der Waals surface area contributed by atoms with Crippen LogP contribution in [0, 0.1) is 13.8 Å². The standard InChI is InChI=1S/C23H30N6O/c1-4-5-10-29-22-21(18(3)26-29)20(15-17(2)25-22)23(30)28-13-11-27(12-14-28)16-19-8-6-7-9-24-19/h6-9,15H,4-5,10-14,16H2,1-3H3. The highest BCUT2D eigenvalue weighted by molar-refractivity contribution is 6.06. The fraction of sp³-hybridized carbons (Fsp3) is 0.478. The molecule has 1 aliphatic rings. The Morgan fingerprint density at radius 3 is 2.63 bits per heavy atom. The van der Waals surface area contributed by atoms with E-state index in [2.05, 4.69) is 21.9 Å². The second-order valence-corrected chi connectivity index (χ2v) is 8.06. The summed E-state index contributed by atoms with van der Waals surface area (Å²) in [5.74, 6) is 0.0844. The van der Waals surface area contributed by atoms with E-state index in [4.69, 9.17) is 4.98 Å². The monoisotopic (exact) mass is 406 g/mol. The van der Waals surface area contributed by atoms with Gasteiger partial charge in [0.25, 0.3) is 5.91 Å². The molecule has 4 heterocycles. The Bertz CT molecular complexity index is 1020. The van der Waals surface area contributed by atoms with Crippen LogP contribution in [0.5, 0.6) is 0 Å². The maximum absolute atomic E-state index is 13.4. The second-order valence-electron chi connectivity index (χ2n) is 8.06. The highest BCUT2D eigenvalue weighted by Crippen LogP contribution is 2.24. The van der Waals surface area contributed by atoms with Crippen LogP contribution >= 0.6 is 0 Å². The number of aryl methyl sites for hydroxylation is 3. The molecule has 0 N–H and O–H groups in total. The molecule has 0 bridgehead atoms. The lowest BCUT2D eigenvalue weighted by molar-refractivity contribution is 0.0628. The van der Waals surface area contributed by atoms with Gasteiger partial charge in [0, 0.05) is 51.2 Å². The molecule has 1 aliphatic heterocycles. The molecule has 158 valence electrons. The van der Waals surface area contributed by atoms with Crippen LogP contribution < -0.4 is 0 Å². The van der Waals surface area contributed by atoms with Gasteiger partial charge in [-0.05, 0) is 38.5 Å². The van der Waals surface area contributed by atoms with Crippen molar-refractivity contribution in [2.45, 2.75) is 46.7 Å². The average Bonchev–Trinajstić information content (AvgIpc) is 3.07. The minimum absolute atomic E-state index is 0.0844. The van der Waals surface area contributed by atoms with Crippen LogP contribution in [0.25, 0.3) is 11.0 Å². The number of amides is 1. The molecule has 3 aromatic heterocycles. The molecule has 0 saturated carbocycles. The summed E-state index contributed by atoms with van der Waals surface area (Å²) in [5, 5.41) is 5.58. The van der Waals surface area contributed by atoms with E-state index in [0.717, 1.165) is 85.8 Å². The van der Waals surface area contributed by atoms with E-state index >= 15 is 0 Å². The second kappa shape index (κ2) is 8.92. The molecule has 0 radical (unpaired) electrons. The number of fused-ring (bicyclic) bond motifs is 1. The highest BCUT2D eigenvalue weighted by atomic mass is 16.2. The average molecular weight is 407 g/mol. The highest BCUT2D eigenvalue weighted by Gasteiger charge is 2.26. The molecule has 0 aromatic carbocycles. The van der Waals surface area contributed by atoms with Gasteiger partial charge in [-0.1, -0.05) is 19.4 Å². The Labute approximate surface area is 177 Å². The van der Waals surface area contributed by atoms with Crippen LogP contribution in [0.1, 0.15) is 47.2 Å². The van der Waals surface area contributed by atoms with Crippen molar-refractivity contribution in [1.29, 1.82) is 0 Å². The lowest BCUT2D eigenvalue weighted by atomic mass is 10.1. The first-order chi connectivity index (χ1) is 14.6. The molecular formula is C23H30N6O. The van der Waals surface area contributed by atoms with Gasteiger partial charge < -0.3 is 4.90 Å². The zero-order chi connectivity index (χ0) is 21.1. The van der Waals surface area contributed by atoms with Crippen molar-refractivity contribution in [2.24, 2.45) is 0 Å². The predicted molar refractivity (Wildman–Crippen MR) is 117 cm³/mol. The summed E-state index contributed by atoms with van der Waals surface area (Å²) in [5.41, 5.74) is 4.37. The summed E-state index contributed by atoms with van der Waals surface area (Å²) in [4.78, 5) is 26.9. The molecule has 0 spiro atoms. The third-order valence-electron chi connectivity index (χ3n) is 5.73. The number of nitrogens with zero attached hydrogens (tertiary/aromatic N) is 6. The van der Waals surface area contributed by atoms with Crippen LogP contribution in [0.4, 0.5) is 0 Å². The van der Waals surface area contributed by atoms with E-state index in [1.165, 1.54) is 0 Å². The van der Waals surface area contributed by atoms with Crippen molar-refractivity contribution in [3.8, 4) is 0 Å². The first kappa shape index (κ1) is 20.5. The number of piperazine rings is 1. The van der Waals surface area contributed by atoms with Gasteiger partial charge in [-0.3, -0.25) is 14.7 Å². The van der Waals surface area contributed by atoms with E-state index < -0.39 is 0 Å². The molecule has 30 heavy (non-hydrogen) atoms. The molecular weight excluding hydrogens is 376 g/mol. The topological polar surface area (TPSA) is 67.2 Å². The molecule has 0 aliphatic carbocycles. The predicted octanol–water partition coefficient (Wildman–Crippen LogP) is 3.20. The van der Waals surface area contributed by atoms with Crippen molar-refractivity contribution in [1.82, 2.24) is 29.5 Å². The Morgan fingerprint density at radius 2 is 1.93 bits per heavy atom. The van der Waals surface area contributed by atoms with Crippen LogP contribution in [-0.2, 0) is 13.1 Å². The van der Waals surface area contributed by atoms with Crippen LogP contribution in [0.2, 0.25) is 0 Å². The zero-order valence-electron chi connectivity index (χ0n) is 18.1. The summed E-state index contributed by atoms with van der Waals surface area (Å²) in [6.45, 7) is 10.9. The Balaban J connectivity index is 1.52. The summed E-state index contributed by atoms with van der Waals surface area (Å²) in [6.07, 6.45) is 3.98. The minimum atomic E-state index is 0.0844. The number of rotatable bonds is 6. The quantitative estimate of drug-likeness (QED) is 0.629. The molecule has 3 aromatic rings. The fourth-order valence-electron chi connectivity index (χ4n) is 4.11. The van der Waals surface area contributed by atoms with Gasteiger partial charge in [0.15, 0.2) is 5.65 Å². The fourth-order valence-corrected chi connectivity index (χ4v) is 4.11. The van der Waals surface area contributed by atoms with Gasteiger partial charge in [-0.2, -0.15) is 5.10 Å². The molecule has 0 unspecified atom stereocenters. The largest absolute Gasteiger partial charge is 0.336 e. The maximum atomic E-state index is 13.4. The van der Waals surface area contributed by atoms with Crippen LogP contribution in [-0.4, -0.2) is 61.6 Å². The third-order valence-corrected chi connectivity index (χ3v) is 5.73. The van der Waals surface area contributed by atoms with Gasteiger partial charge in [-0.15, -0.1) is 0 Å². The Kier molecular flexibility index (Phi) is 6.08. The van der Waals surface area contributed by atoms with E-state index in [1.807, 2.05) is 53.9 Å². The number of carbonyl (C=O) groups is 1. The molecule has 1 saturated heterocycles. The third kappa shape index (κ3) is 4.21. The summed E-state index contributed by atoms with van der Waals surface area (Å²) in [7, 11) is 0. The number of hydrogen-bond donors (Lipinski definition) is 0. The number of hydrogen-bond acceptors (Lipinski definition) is 5. The lowest BCUT2D eigenvalue weighted by Gasteiger charge is -2.34. The lowest BCUT2D eigenvalue weighted by Crippen LogP contribution is -2.48. The number of carbonyl (C=O) groups excluding carboxylic acids is 1. The maximum Gasteiger partial charge on any atom is 0.254 e. The van der Waals surface area contributed by atoms with Gasteiger partial charge in [0.2, 0.25) is 0 Å². The Hall–Kier alpha value is -2.80. The molecule has 0 atom stereocenters. The van der Waals surface area contributed by atoms with Gasteiger partial charge in [0.05, 0.1) is 22.3 Å². The zero-order valence-corrected chi connectivity index (χ0v) is 18.1. The van der Waals surface area contributed by atoms with Crippen molar-refractivity contribution in [2.75, 3.05) is 26.2 Å². The van der Waals surface area contributed by atoms with E-state index in [0.29, 0.717) is 0 Å². The van der Waals surface area contributed by atoms with Crippen molar-refractivity contribution in [3.63, 3.8) is 0 Å². The van der Waals surface area contributed by atoms with Crippen LogP contribution in [0.15, 0.2) is 30.5 Å². The summed E-state index contributed by atoms with van der Waals surface area (Å²) in [6, 6.07) is 7.92. The molecule has 7 heteroatoms. The van der Waals surface area contributed by atoms with Crippen molar-refractivity contribution >= 4 is 16.9 Å². The number of unbranched alkanes of at least 4 members (excludes halogenated alkanes) is 1. The van der Waals surface area contributed by atoms with Gasteiger partial charge >= 0.3 is 0 Å². The number of pyridine rings is 2. The van der Waals surface area contributed by atoms with E-state index in [1.54, 1.807) is 0 Å². The summed E-state index contributed by atoms with van der Waals surface area (Å²) < 4.78 is 1.96. The first-order valence-electron chi connectivity index (χ1n) is 10.8. The summed E-state index contributed by atoms with van der Waals surface area (Å²) >= 11 is 0. The normalized spacial score (nSPS) is 15.1. The molecule has 4 rings (SSSR count). The smallest absolute Gasteiger partial charge is 0.254 e.